The van der Waals surface area contributed by atoms with Crippen molar-refractivity contribution in [2.75, 3.05) is 32.7 Å². The number of aromatic nitrogens is 1. The predicted molar refractivity (Wildman–Crippen MR) is 135 cm³/mol. The van der Waals surface area contributed by atoms with E-state index < -0.39 is 0 Å². The first-order chi connectivity index (χ1) is 17.1. The second kappa shape index (κ2) is 11.4. The normalized spacial score (nSPS) is 10.8. The third-order valence-electron chi connectivity index (χ3n) is 5.54. The first-order valence-corrected chi connectivity index (χ1v) is 11.4. The van der Waals surface area contributed by atoms with E-state index in [4.69, 9.17) is 18.6 Å². The number of fused-ring (bicyclic) bond motifs is 1. The van der Waals surface area contributed by atoms with Gasteiger partial charge < -0.3 is 29.3 Å². The molecule has 8 heteroatoms. The lowest BCUT2D eigenvalue weighted by Crippen LogP contribution is -2.17. The number of nitrogens with one attached hydrogen (secondary N) is 2. The van der Waals surface area contributed by atoms with Crippen molar-refractivity contribution >= 4 is 22.6 Å². The molecule has 2 heterocycles. The van der Waals surface area contributed by atoms with Crippen LogP contribution in [0.25, 0.3) is 11.0 Å². The SMILES string of the molecule is COc1cc(NC(=O)c2oc3cccc(OCCCNCc4cccnc4)c3c2C)cc(OC)c1. The molecule has 2 N–H and O–H groups in total. The summed E-state index contributed by atoms with van der Waals surface area (Å²) in [6.07, 6.45) is 4.45. The molecule has 1 amide bonds. The number of rotatable bonds is 11. The lowest BCUT2D eigenvalue weighted by atomic mass is 10.1. The van der Waals surface area contributed by atoms with Gasteiger partial charge in [-0.25, -0.2) is 0 Å². The van der Waals surface area contributed by atoms with Crippen molar-refractivity contribution in [3.8, 4) is 17.2 Å². The van der Waals surface area contributed by atoms with Crippen LogP contribution in [-0.2, 0) is 6.54 Å². The molecule has 0 saturated carbocycles. The highest BCUT2D eigenvalue weighted by Crippen LogP contribution is 2.34. The van der Waals surface area contributed by atoms with E-state index in [9.17, 15) is 4.79 Å². The minimum absolute atomic E-state index is 0.232. The summed E-state index contributed by atoms with van der Waals surface area (Å²) in [5.41, 5.74) is 3.01. The number of benzene rings is 2. The van der Waals surface area contributed by atoms with Gasteiger partial charge in [0.15, 0.2) is 5.76 Å². The van der Waals surface area contributed by atoms with Gasteiger partial charge in [0.1, 0.15) is 22.8 Å². The Morgan fingerprint density at radius 2 is 1.86 bits per heavy atom. The molecule has 0 unspecified atom stereocenters. The zero-order valence-corrected chi connectivity index (χ0v) is 20.1. The standard InChI is InChI=1S/C27H29N3O5/c1-18-25-23(34-12-6-11-29-17-19-7-5-10-28-16-19)8-4-9-24(25)35-26(18)27(31)30-20-13-21(32-2)15-22(14-20)33-3/h4-5,7-10,13-16,29H,6,11-12,17H2,1-3H3,(H,30,31). The zero-order chi connectivity index (χ0) is 24.6. The van der Waals surface area contributed by atoms with Gasteiger partial charge >= 0.3 is 0 Å². The number of furan rings is 1. The van der Waals surface area contributed by atoms with E-state index in [0.29, 0.717) is 35.1 Å². The van der Waals surface area contributed by atoms with E-state index in [-0.39, 0.29) is 11.7 Å². The van der Waals surface area contributed by atoms with Crippen LogP contribution in [0.4, 0.5) is 5.69 Å². The van der Waals surface area contributed by atoms with Gasteiger partial charge in [0.25, 0.3) is 5.91 Å². The molecule has 0 radical (unpaired) electrons. The molecule has 4 rings (SSSR count). The van der Waals surface area contributed by atoms with Gasteiger partial charge in [-0.2, -0.15) is 0 Å². The topological polar surface area (TPSA) is 94.9 Å². The number of carbonyl (C=O) groups excluding carboxylic acids is 1. The average Bonchev–Trinajstić information content (AvgIpc) is 3.23. The van der Waals surface area contributed by atoms with Crippen molar-refractivity contribution in [3.05, 3.63) is 77.8 Å². The van der Waals surface area contributed by atoms with Crippen molar-refractivity contribution in [2.45, 2.75) is 19.9 Å². The third kappa shape index (κ3) is 5.91. The maximum atomic E-state index is 13.0. The second-order valence-corrected chi connectivity index (χ2v) is 7.98. The van der Waals surface area contributed by atoms with Gasteiger partial charge in [-0.15, -0.1) is 0 Å². The molecular weight excluding hydrogens is 446 g/mol. The summed E-state index contributed by atoms with van der Waals surface area (Å²) in [6.45, 7) is 3.97. The number of hydrogen-bond donors (Lipinski definition) is 2. The van der Waals surface area contributed by atoms with Gasteiger partial charge in [0, 0.05) is 48.4 Å². The molecule has 0 spiro atoms. The third-order valence-corrected chi connectivity index (χ3v) is 5.54. The Kier molecular flexibility index (Phi) is 7.84. The molecule has 0 aliphatic carbocycles. The van der Waals surface area contributed by atoms with E-state index >= 15 is 0 Å². The molecule has 35 heavy (non-hydrogen) atoms. The molecule has 0 fully saturated rings. The number of amides is 1. The molecule has 0 aliphatic rings. The van der Waals surface area contributed by atoms with Gasteiger partial charge in [0.2, 0.25) is 0 Å². The number of anilines is 1. The van der Waals surface area contributed by atoms with E-state index in [1.807, 2.05) is 43.5 Å². The van der Waals surface area contributed by atoms with Crippen LogP contribution in [0.3, 0.4) is 0 Å². The molecule has 0 aliphatic heterocycles. The number of aryl methyl sites for hydroxylation is 1. The van der Waals surface area contributed by atoms with E-state index in [0.717, 1.165) is 36.0 Å². The van der Waals surface area contributed by atoms with Gasteiger partial charge in [-0.05, 0) is 43.7 Å². The summed E-state index contributed by atoms with van der Waals surface area (Å²) in [7, 11) is 3.12. The molecule has 0 bridgehead atoms. The Morgan fingerprint density at radius 3 is 2.57 bits per heavy atom. The predicted octanol–water partition coefficient (Wildman–Crippen LogP) is 4.96. The van der Waals surface area contributed by atoms with Gasteiger partial charge in [-0.1, -0.05) is 12.1 Å². The largest absolute Gasteiger partial charge is 0.497 e. The highest BCUT2D eigenvalue weighted by Gasteiger charge is 2.21. The van der Waals surface area contributed by atoms with Gasteiger partial charge in [0.05, 0.1) is 26.2 Å². The first kappa shape index (κ1) is 24.1. The van der Waals surface area contributed by atoms with Crippen molar-refractivity contribution < 1.29 is 23.4 Å². The van der Waals surface area contributed by atoms with Crippen molar-refractivity contribution in [1.82, 2.24) is 10.3 Å². The Balaban J connectivity index is 1.40. The second-order valence-electron chi connectivity index (χ2n) is 7.98. The van der Waals surface area contributed by atoms with Crippen LogP contribution in [-0.4, -0.2) is 38.3 Å². The van der Waals surface area contributed by atoms with E-state index in [1.165, 1.54) is 0 Å². The Labute approximate surface area is 204 Å². The summed E-state index contributed by atoms with van der Waals surface area (Å²) >= 11 is 0. The minimum atomic E-state index is -0.362. The van der Waals surface area contributed by atoms with E-state index in [1.54, 1.807) is 38.6 Å². The Morgan fingerprint density at radius 1 is 1.06 bits per heavy atom. The number of ether oxygens (including phenoxy) is 3. The molecule has 4 aromatic rings. The lowest BCUT2D eigenvalue weighted by molar-refractivity contribution is 0.0998. The zero-order valence-electron chi connectivity index (χ0n) is 20.1. The number of pyridine rings is 1. The Hall–Kier alpha value is -4.04. The van der Waals surface area contributed by atoms with Crippen LogP contribution < -0.4 is 24.8 Å². The highest BCUT2D eigenvalue weighted by atomic mass is 16.5. The number of nitrogens with zero attached hydrogens (tertiary/aromatic N) is 1. The summed E-state index contributed by atoms with van der Waals surface area (Å²) in [4.78, 5) is 17.1. The average molecular weight is 476 g/mol. The van der Waals surface area contributed by atoms with Crippen LogP contribution >= 0.6 is 0 Å². The van der Waals surface area contributed by atoms with Gasteiger partial charge in [-0.3, -0.25) is 9.78 Å². The van der Waals surface area contributed by atoms with Crippen LogP contribution in [0, 0.1) is 6.92 Å². The fraction of sp³-hybridized carbons (Fsp3) is 0.259. The summed E-state index contributed by atoms with van der Waals surface area (Å²) in [5, 5.41) is 7.04. The Bertz CT molecular complexity index is 1260. The van der Waals surface area contributed by atoms with Crippen LogP contribution in [0.15, 0.2) is 65.3 Å². The van der Waals surface area contributed by atoms with Crippen molar-refractivity contribution in [2.24, 2.45) is 0 Å². The number of hydrogen-bond acceptors (Lipinski definition) is 7. The molecule has 0 atom stereocenters. The smallest absolute Gasteiger partial charge is 0.291 e. The quantitative estimate of drug-likeness (QED) is 0.296. The van der Waals surface area contributed by atoms with Crippen LogP contribution in [0.2, 0.25) is 0 Å². The fourth-order valence-electron chi connectivity index (χ4n) is 3.78. The van der Waals surface area contributed by atoms with Crippen LogP contribution in [0.1, 0.15) is 28.1 Å². The molecule has 2 aromatic carbocycles. The van der Waals surface area contributed by atoms with Crippen molar-refractivity contribution in [3.63, 3.8) is 0 Å². The number of methoxy groups -OCH3 is 2. The van der Waals surface area contributed by atoms with Crippen molar-refractivity contribution in [1.29, 1.82) is 0 Å². The maximum absolute atomic E-state index is 13.0. The maximum Gasteiger partial charge on any atom is 0.291 e. The first-order valence-electron chi connectivity index (χ1n) is 11.4. The van der Waals surface area contributed by atoms with E-state index in [2.05, 4.69) is 15.6 Å². The molecule has 8 nitrogen and oxygen atoms in total. The molecular formula is C27H29N3O5. The minimum Gasteiger partial charge on any atom is -0.497 e. The van der Waals surface area contributed by atoms with Crippen LogP contribution in [0.5, 0.6) is 17.2 Å². The highest BCUT2D eigenvalue weighted by molar-refractivity contribution is 6.07. The summed E-state index contributed by atoms with van der Waals surface area (Å²) in [5.74, 6) is 1.71. The summed E-state index contributed by atoms with van der Waals surface area (Å²) < 4.78 is 22.5. The molecule has 0 saturated heterocycles. The molecule has 182 valence electrons. The number of carbonyl (C=O) groups is 1. The fourth-order valence-corrected chi connectivity index (χ4v) is 3.78. The monoisotopic (exact) mass is 475 g/mol. The molecule has 2 aromatic heterocycles. The summed E-state index contributed by atoms with van der Waals surface area (Å²) in [6, 6.07) is 14.7. The lowest BCUT2D eigenvalue weighted by Gasteiger charge is -2.09.